The van der Waals surface area contributed by atoms with Crippen LogP contribution in [0.15, 0.2) is 18.2 Å². The number of fused-ring (bicyclic) bond motifs is 6. The molecule has 4 aliphatic rings. The monoisotopic (exact) mass is 427 g/mol. The first-order valence-corrected chi connectivity index (χ1v) is 12.0. The van der Waals surface area contributed by atoms with E-state index in [2.05, 4.69) is 6.92 Å². The molecule has 0 aromatic heterocycles. The lowest BCUT2D eigenvalue weighted by molar-refractivity contribution is -0.237. The molecule has 1 aliphatic heterocycles. The molecule has 3 fully saturated rings. The molecule has 4 atom stereocenters. The lowest BCUT2D eigenvalue weighted by atomic mass is 9.55. The van der Waals surface area contributed by atoms with Gasteiger partial charge in [-0.1, -0.05) is 19.1 Å². The third kappa shape index (κ3) is 2.61. The summed E-state index contributed by atoms with van der Waals surface area (Å²) in [7, 11) is -5.00. The number of halogens is 2. The molecule has 8 heteroatoms. The van der Waals surface area contributed by atoms with Crippen molar-refractivity contribution in [3.05, 3.63) is 34.9 Å². The topological polar surface area (TPSA) is 78.6 Å². The quantitative estimate of drug-likeness (QED) is 0.782. The molecule has 2 N–H and O–H groups in total. The summed E-state index contributed by atoms with van der Waals surface area (Å²) in [6.07, 6.45) is 5.51. The van der Waals surface area contributed by atoms with Crippen molar-refractivity contribution in [3.8, 4) is 0 Å². The number of primary sulfonamides is 1. The van der Waals surface area contributed by atoms with Crippen LogP contribution in [-0.4, -0.2) is 27.4 Å². The predicted molar refractivity (Wildman–Crippen MR) is 103 cm³/mol. The zero-order valence-electron chi connectivity index (χ0n) is 16.5. The fourth-order valence-electron chi connectivity index (χ4n) is 6.81. The number of sulfonamides is 1. The lowest BCUT2D eigenvalue weighted by Gasteiger charge is -2.52. The van der Waals surface area contributed by atoms with Crippen molar-refractivity contribution in [2.75, 3.05) is 13.2 Å². The molecule has 5 nitrogen and oxygen atoms in total. The van der Waals surface area contributed by atoms with E-state index in [0.29, 0.717) is 37.4 Å². The van der Waals surface area contributed by atoms with Gasteiger partial charge in [0.2, 0.25) is 0 Å². The van der Waals surface area contributed by atoms with Crippen molar-refractivity contribution in [1.29, 1.82) is 0 Å². The summed E-state index contributed by atoms with van der Waals surface area (Å²) >= 11 is 0. The number of hydrogen-bond acceptors (Lipinski definition) is 4. The first-order chi connectivity index (χ1) is 13.6. The molecule has 1 spiro atoms. The van der Waals surface area contributed by atoms with Gasteiger partial charge in [-0.3, -0.25) is 0 Å². The Balaban J connectivity index is 1.47. The second kappa shape index (κ2) is 6.22. The summed E-state index contributed by atoms with van der Waals surface area (Å²) in [4.78, 5) is 0. The first kappa shape index (κ1) is 19.8. The van der Waals surface area contributed by atoms with E-state index in [1.165, 1.54) is 12.1 Å². The highest BCUT2D eigenvalue weighted by atomic mass is 32.2. The van der Waals surface area contributed by atoms with Crippen LogP contribution < -0.4 is 5.14 Å². The van der Waals surface area contributed by atoms with E-state index in [0.717, 1.165) is 43.2 Å². The molecule has 29 heavy (non-hydrogen) atoms. The van der Waals surface area contributed by atoms with Gasteiger partial charge in [0.15, 0.2) is 5.79 Å². The third-order valence-corrected chi connectivity index (χ3v) is 9.17. The van der Waals surface area contributed by atoms with Gasteiger partial charge < -0.3 is 9.47 Å². The summed E-state index contributed by atoms with van der Waals surface area (Å²) in [5, 5.41) is 0.685. The van der Waals surface area contributed by atoms with Crippen LogP contribution in [-0.2, 0) is 31.2 Å². The molecule has 0 bridgehead atoms. The normalized spacial score (nSPS) is 35.9. The Labute approximate surface area is 170 Å². The van der Waals surface area contributed by atoms with Gasteiger partial charge in [0, 0.05) is 17.4 Å². The maximum Gasteiger partial charge on any atom is 0.384 e. The first-order valence-electron chi connectivity index (χ1n) is 10.4. The maximum atomic E-state index is 14.2. The number of ether oxygens (including phenoxy) is 2. The maximum absolute atomic E-state index is 14.2. The second-order valence-corrected chi connectivity index (χ2v) is 10.9. The zero-order valence-corrected chi connectivity index (χ0v) is 17.3. The van der Waals surface area contributed by atoms with Crippen LogP contribution >= 0.6 is 0 Å². The highest BCUT2D eigenvalue weighted by Crippen LogP contribution is 2.66. The number of nitrogens with two attached hydrogens (primary N) is 1. The van der Waals surface area contributed by atoms with Crippen LogP contribution in [0.4, 0.5) is 8.78 Å². The molecule has 160 valence electrons. The van der Waals surface area contributed by atoms with E-state index < -0.39 is 26.6 Å². The molecule has 0 radical (unpaired) electrons. The van der Waals surface area contributed by atoms with Crippen molar-refractivity contribution >= 4 is 10.0 Å². The van der Waals surface area contributed by atoms with Crippen LogP contribution in [0.25, 0.3) is 0 Å². The van der Waals surface area contributed by atoms with Gasteiger partial charge in [0.25, 0.3) is 10.0 Å². The summed E-state index contributed by atoms with van der Waals surface area (Å²) in [5.74, 6) is 0.811. The number of rotatable bonds is 2. The summed E-state index contributed by atoms with van der Waals surface area (Å²) in [6.45, 7) is 3.61. The smallest absolute Gasteiger partial charge is 0.347 e. The Morgan fingerprint density at radius 1 is 1.14 bits per heavy atom. The standard InChI is InChI=1S/C21H27F2NO4S/c1-19-8-6-16-15-5-3-14(21(22,23)29(24,25)26)12-13(15)2-4-17(16)18(19)7-9-20(19)27-10-11-28-20/h3,5,12,16-18H,2,4,6-11H2,1H3,(H2,24,25,26)/t16-,17-,18+,19+/m1/s1. The lowest BCUT2D eigenvalue weighted by Crippen LogP contribution is -2.51. The Hall–Kier alpha value is -1.09. The molecule has 3 aliphatic carbocycles. The van der Waals surface area contributed by atoms with E-state index in [9.17, 15) is 17.2 Å². The molecule has 1 saturated heterocycles. The van der Waals surface area contributed by atoms with Gasteiger partial charge in [-0.05, 0) is 67.1 Å². The second-order valence-electron chi connectivity index (χ2n) is 9.34. The van der Waals surface area contributed by atoms with Crippen LogP contribution in [0.3, 0.4) is 0 Å². The van der Waals surface area contributed by atoms with Crippen LogP contribution in [0, 0.1) is 17.3 Å². The average Bonchev–Trinajstić information content (AvgIpc) is 3.26. The molecule has 0 amide bonds. The van der Waals surface area contributed by atoms with Crippen molar-refractivity contribution in [3.63, 3.8) is 0 Å². The van der Waals surface area contributed by atoms with Gasteiger partial charge in [-0.15, -0.1) is 0 Å². The SMILES string of the molecule is C[C@]12CC[C@@H]3c4ccc(C(F)(F)S(N)(=O)=O)cc4CC[C@H]3[C@@H]1CCC21OCCO1. The minimum Gasteiger partial charge on any atom is -0.347 e. The van der Waals surface area contributed by atoms with Crippen LogP contribution in [0.5, 0.6) is 0 Å². The van der Waals surface area contributed by atoms with Gasteiger partial charge in [-0.2, -0.15) is 8.78 Å². The molecular weight excluding hydrogens is 400 g/mol. The van der Waals surface area contributed by atoms with Crippen LogP contribution in [0.2, 0.25) is 0 Å². The Bertz CT molecular complexity index is 944. The number of alkyl halides is 2. The summed E-state index contributed by atoms with van der Waals surface area (Å²) in [5.41, 5.74) is 1.37. The molecule has 0 unspecified atom stereocenters. The minimum absolute atomic E-state index is 0.0111. The van der Waals surface area contributed by atoms with E-state index in [-0.39, 0.29) is 5.41 Å². The van der Waals surface area contributed by atoms with Crippen LogP contribution in [0.1, 0.15) is 61.6 Å². The van der Waals surface area contributed by atoms with Crippen molar-refractivity contribution in [2.45, 2.75) is 62.4 Å². The zero-order chi connectivity index (χ0) is 20.7. The number of hydrogen-bond donors (Lipinski definition) is 1. The van der Waals surface area contributed by atoms with E-state index in [1.807, 2.05) is 0 Å². The highest BCUT2D eigenvalue weighted by molar-refractivity contribution is 7.89. The Morgan fingerprint density at radius 3 is 2.55 bits per heavy atom. The van der Waals surface area contributed by atoms with E-state index >= 15 is 0 Å². The Morgan fingerprint density at radius 2 is 1.86 bits per heavy atom. The fraction of sp³-hybridized carbons (Fsp3) is 0.714. The minimum atomic E-state index is -5.00. The van der Waals surface area contributed by atoms with Crippen molar-refractivity contribution in [2.24, 2.45) is 22.4 Å². The molecule has 5 rings (SSSR count). The van der Waals surface area contributed by atoms with Crippen molar-refractivity contribution < 1.29 is 26.7 Å². The molecule has 1 aromatic rings. The van der Waals surface area contributed by atoms with E-state index in [1.54, 1.807) is 6.07 Å². The van der Waals surface area contributed by atoms with Crippen molar-refractivity contribution in [1.82, 2.24) is 0 Å². The summed E-state index contributed by atoms with van der Waals surface area (Å²) in [6, 6.07) is 4.29. The highest BCUT2D eigenvalue weighted by Gasteiger charge is 2.65. The fourth-order valence-corrected chi connectivity index (χ4v) is 7.27. The van der Waals surface area contributed by atoms with Gasteiger partial charge in [0.1, 0.15) is 0 Å². The molecular formula is C21H27F2NO4S. The molecule has 1 heterocycles. The Kier molecular flexibility index (Phi) is 4.25. The predicted octanol–water partition coefficient (Wildman–Crippen LogP) is 3.62. The largest absolute Gasteiger partial charge is 0.384 e. The molecule has 2 saturated carbocycles. The number of aryl methyl sites for hydroxylation is 1. The average molecular weight is 428 g/mol. The third-order valence-electron chi connectivity index (χ3n) is 8.22. The molecule has 1 aromatic carbocycles. The van der Waals surface area contributed by atoms with Gasteiger partial charge in [-0.25, -0.2) is 13.6 Å². The number of benzene rings is 1. The summed E-state index contributed by atoms with van der Waals surface area (Å²) < 4.78 is 63.4. The van der Waals surface area contributed by atoms with Gasteiger partial charge in [0.05, 0.1) is 13.2 Å². The van der Waals surface area contributed by atoms with Gasteiger partial charge >= 0.3 is 5.25 Å². The van der Waals surface area contributed by atoms with E-state index in [4.69, 9.17) is 14.6 Å².